The molecule has 2 rings (SSSR count). The van der Waals surface area contributed by atoms with Crippen LogP contribution in [0.5, 0.6) is 0 Å². The quantitative estimate of drug-likeness (QED) is 0.715. The van der Waals surface area contributed by atoms with E-state index in [2.05, 4.69) is 62.4 Å². The second-order valence-electron chi connectivity index (χ2n) is 3.97. The molecule has 0 saturated heterocycles. The molecular weight excluding hydrogens is 212 g/mol. The Kier molecular flexibility index (Phi) is 3.58. The zero-order chi connectivity index (χ0) is 11.4. The van der Waals surface area contributed by atoms with Crippen LogP contribution < -0.4 is 0 Å². The maximum atomic E-state index is 2.22. The molecular formula is C15H16S. The number of benzene rings is 1. The van der Waals surface area contributed by atoms with Gasteiger partial charge in [0.1, 0.15) is 0 Å². The Morgan fingerprint density at radius 3 is 2.50 bits per heavy atom. The average Bonchev–Trinajstić information content (AvgIpc) is 2.70. The van der Waals surface area contributed by atoms with Gasteiger partial charge in [0.15, 0.2) is 0 Å². The van der Waals surface area contributed by atoms with Crippen molar-refractivity contribution < 1.29 is 0 Å². The summed E-state index contributed by atoms with van der Waals surface area (Å²) < 4.78 is 0. The largest absolute Gasteiger partial charge is 0.141 e. The minimum atomic E-state index is 1.04. The summed E-state index contributed by atoms with van der Waals surface area (Å²) in [7, 11) is 0. The summed E-state index contributed by atoms with van der Waals surface area (Å²) in [4.78, 5) is 2.77. The van der Waals surface area contributed by atoms with Gasteiger partial charge in [0.25, 0.3) is 0 Å². The highest BCUT2D eigenvalue weighted by atomic mass is 32.1. The molecule has 0 N–H and O–H groups in total. The average molecular weight is 228 g/mol. The molecule has 1 aromatic heterocycles. The maximum Gasteiger partial charge on any atom is 0.0270 e. The highest BCUT2D eigenvalue weighted by molar-refractivity contribution is 7.12. The van der Waals surface area contributed by atoms with E-state index < -0.39 is 0 Å². The van der Waals surface area contributed by atoms with Crippen molar-refractivity contribution >= 4 is 17.4 Å². The van der Waals surface area contributed by atoms with E-state index in [1.165, 1.54) is 20.9 Å². The van der Waals surface area contributed by atoms with Gasteiger partial charge in [-0.15, -0.1) is 11.3 Å². The Balaban J connectivity index is 2.11. The molecule has 0 radical (unpaired) electrons. The molecule has 1 aromatic carbocycles. The third kappa shape index (κ3) is 2.83. The Bertz CT molecular complexity index is 474. The normalized spacial score (nSPS) is 11.1. The lowest BCUT2D eigenvalue weighted by molar-refractivity contribution is 1.23. The zero-order valence-corrected chi connectivity index (χ0v) is 10.6. The third-order valence-corrected chi connectivity index (χ3v) is 3.56. The summed E-state index contributed by atoms with van der Waals surface area (Å²) in [6.45, 7) is 4.18. The molecule has 1 heteroatoms. The van der Waals surface area contributed by atoms with Gasteiger partial charge in [-0.05, 0) is 37.6 Å². The molecule has 0 unspecified atom stereocenters. The number of thiophene rings is 1. The summed E-state index contributed by atoms with van der Waals surface area (Å²) in [5.41, 5.74) is 2.71. The van der Waals surface area contributed by atoms with Crippen molar-refractivity contribution in [2.45, 2.75) is 20.3 Å². The van der Waals surface area contributed by atoms with Crippen LogP contribution in [0, 0.1) is 6.92 Å². The lowest BCUT2D eigenvalue weighted by Gasteiger charge is -1.99. The number of allylic oxidation sites excluding steroid dienone is 1. The van der Waals surface area contributed by atoms with Crippen LogP contribution in [0.1, 0.15) is 27.8 Å². The first-order chi connectivity index (χ1) is 7.78. The van der Waals surface area contributed by atoms with E-state index >= 15 is 0 Å². The van der Waals surface area contributed by atoms with Crippen molar-refractivity contribution in [1.82, 2.24) is 0 Å². The maximum absolute atomic E-state index is 2.22. The molecule has 0 fully saturated rings. The Labute approximate surface area is 101 Å². The van der Waals surface area contributed by atoms with Crippen LogP contribution in [-0.4, -0.2) is 0 Å². The van der Waals surface area contributed by atoms with E-state index in [-0.39, 0.29) is 0 Å². The molecule has 16 heavy (non-hydrogen) atoms. The van der Waals surface area contributed by atoms with E-state index in [4.69, 9.17) is 0 Å². The first-order valence-electron chi connectivity index (χ1n) is 5.55. The highest BCUT2D eigenvalue weighted by Crippen LogP contribution is 2.21. The second-order valence-corrected chi connectivity index (χ2v) is 5.17. The molecule has 0 bridgehead atoms. The fourth-order valence-corrected chi connectivity index (χ4v) is 2.67. The van der Waals surface area contributed by atoms with E-state index in [0.29, 0.717) is 0 Å². The van der Waals surface area contributed by atoms with Gasteiger partial charge in [0.05, 0.1) is 0 Å². The molecule has 0 saturated carbocycles. The predicted octanol–water partition coefficient (Wildman–Crippen LogP) is 4.68. The Hall–Kier alpha value is -1.34. The smallest absolute Gasteiger partial charge is 0.0270 e. The number of hydrogen-bond acceptors (Lipinski definition) is 1. The standard InChI is InChI=1S/C15H16S/c1-3-4-14-9-10-15(16-14)11-13-7-5-12(2)6-8-13/h3-10H,11H2,1-2H3/b4-3+. The molecule has 1 heterocycles. The zero-order valence-electron chi connectivity index (χ0n) is 9.73. The summed E-state index contributed by atoms with van der Waals surface area (Å²) in [5, 5.41) is 0. The predicted molar refractivity (Wildman–Crippen MR) is 73.0 cm³/mol. The first kappa shape index (κ1) is 11.2. The van der Waals surface area contributed by atoms with Gasteiger partial charge in [0.2, 0.25) is 0 Å². The monoisotopic (exact) mass is 228 g/mol. The SMILES string of the molecule is C/C=C/c1ccc(Cc2ccc(C)cc2)s1. The number of hydrogen-bond donors (Lipinski definition) is 0. The molecule has 0 aliphatic heterocycles. The molecule has 2 aromatic rings. The van der Waals surface area contributed by atoms with Gasteiger partial charge >= 0.3 is 0 Å². The molecule has 0 atom stereocenters. The third-order valence-electron chi connectivity index (χ3n) is 2.51. The van der Waals surface area contributed by atoms with E-state index in [0.717, 1.165) is 6.42 Å². The van der Waals surface area contributed by atoms with Gasteiger partial charge in [-0.25, -0.2) is 0 Å². The van der Waals surface area contributed by atoms with Gasteiger partial charge in [0, 0.05) is 16.2 Å². The molecule has 0 nitrogen and oxygen atoms in total. The van der Waals surface area contributed by atoms with E-state index in [9.17, 15) is 0 Å². The van der Waals surface area contributed by atoms with Gasteiger partial charge < -0.3 is 0 Å². The van der Waals surface area contributed by atoms with Crippen molar-refractivity contribution in [3.63, 3.8) is 0 Å². The van der Waals surface area contributed by atoms with Crippen molar-refractivity contribution in [3.05, 3.63) is 63.4 Å². The summed E-state index contributed by atoms with van der Waals surface area (Å²) in [6, 6.07) is 13.2. The van der Waals surface area contributed by atoms with Crippen molar-refractivity contribution in [1.29, 1.82) is 0 Å². The highest BCUT2D eigenvalue weighted by Gasteiger charge is 1.99. The van der Waals surface area contributed by atoms with Crippen LogP contribution in [-0.2, 0) is 6.42 Å². The summed E-state index contributed by atoms with van der Waals surface area (Å²) >= 11 is 1.87. The van der Waals surface area contributed by atoms with Crippen LogP contribution >= 0.6 is 11.3 Å². The van der Waals surface area contributed by atoms with Crippen LogP contribution in [0.25, 0.3) is 6.08 Å². The molecule has 0 aliphatic carbocycles. The minimum absolute atomic E-state index is 1.04. The van der Waals surface area contributed by atoms with Gasteiger partial charge in [-0.3, -0.25) is 0 Å². The fraction of sp³-hybridized carbons (Fsp3) is 0.200. The fourth-order valence-electron chi connectivity index (χ4n) is 1.65. The molecule has 0 amide bonds. The van der Waals surface area contributed by atoms with Crippen LogP contribution in [0.4, 0.5) is 0 Å². The molecule has 0 aliphatic rings. The summed E-state index contributed by atoms with van der Waals surface area (Å²) in [5.74, 6) is 0. The Morgan fingerprint density at radius 1 is 1.06 bits per heavy atom. The summed E-state index contributed by atoms with van der Waals surface area (Å²) in [6.07, 6.45) is 5.29. The molecule has 82 valence electrons. The van der Waals surface area contributed by atoms with Crippen molar-refractivity contribution in [2.24, 2.45) is 0 Å². The van der Waals surface area contributed by atoms with E-state index in [1.54, 1.807) is 0 Å². The van der Waals surface area contributed by atoms with E-state index in [1.807, 2.05) is 11.3 Å². The second kappa shape index (κ2) is 5.13. The lowest BCUT2D eigenvalue weighted by atomic mass is 10.1. The lowest BCUT2D eigenvalue weighted by Crippen LogP contribution is -1.83. The van der Waals surface area contributed by atoms with Gasteiger partial charge in [-0.1, -0.05) is 35.9 Å². The van der Waals surface area contributed by atoms with Crippen molar-refractivity contribution in [3.8, 4) is 0 Å². The Morgan fingerprint density at radius 2 is 1.81 bits per heavy atom. The topological polar surface area (TPSA) is 0 Å². The van der Waals surface area contributed by atoms with Crippen molar-refractivity contribution in [2.75, 3.05) is 0 Å². The van der Waals surface area contributed by atoms with Crippen LogP contribution in [0.2, 0.25) is 0 Å². The van der Waals surface area contributed by atoms with Crippen LogP contribution in [0.3, 0.4) is 0 Å². The first-order valence-corrected chi connectivity index (χ1v) is 6.36. The minimum Gasteiger partial charge on any atom is -0.141 e. The number of aryl methyl sites for hydroxylation is 1. The molecule has 0 spiro atoms. The van der Waals surface area contributed by atoms with Crippen LogP contribution in [0.15, 0.2) is 42.5 Å². The van der Waals surface area contributed by atoms with Gasteiger partial charge in [-0.2, -0.15) is 0 Å². The number of rotatable bonds is 3.